The standard InChI is InChI=1S/C5H6F3NO2/c6-2(4(7)8)1-3(9)5(10)11/h3H,1,9H2,(H,10,11). The monoisotopic (exact) mass is 169 g/mol. The molecule has 0 saturated carbocycles. The van der Waals surface area contributed by atoms with Gasteiger partial charge in [-0.1, -0.05) is 0 Å². The van der Waals surface area contributed by atoms with Crippen LogP contribution < -0.4 is 5.73 Å². The van der Waals surface area contributed by atoms with E-state index in [1.807, 2.05) is 0 Å². The minimum atomic E-state index is -2.53. The second-order valence-electron chi connectivity index (χ2n) is 1.81. The molecule has 0 radical (unpaired) electrons. The fraction of sp³-hybridized carbons (Fsp3) is 0.400. The van der Waals surface area contributed by atoms with Gasteiger partial charge in [-0.25, -0.2) is 4.39 Å². The number of hydrogen-bond acceptors (Lipinski definition) is 2. The summed E-state index contributed by atoms with van der Waals surface area (Å²) in [6.45, 7) is 0. The van der Waals surface area contributed by atoms with Crippen molar-refractivity contribution in [1.82, 2.24) is 0 Å². The number of rotatable bonds is 3. The maximum absolute atomic E-state index is 11.9. The van der Waals surface area contributed by atoms with Crippen molar-refractivity contribution in [3.63, 3.8) is 0 Å². The second kappa shape index (κ2) is 3.97. The first-order valence-corrected chi connectivity index (χ1v) is 2.63. The van der Waals surface area contributed by atoms with E-state index in [9.17, 15) is 18.0 Å². The molecule has 0 aliphatic heterocycles. The van der Waals surface area contributed by atoms with Crippen LogP contribution in [-0.4, -0.2) is 17.1 Å². The molecule has 0 saturated heterocycles. The Morgan fingerprint density at radius 2 is 1.91 bits per heavy atom. The average Bonchev–Trinajstić information content (AvgIpc) is 1.87. The van der Waals surface area contributed by atoms with Crippen molar-refractivity contribution < 1.29 is 23.1 Å². The van der Waals surface area contributed by atoms with Gasteiger partial charge in [-0.05, 0) is 0 Å². The molecule has 6 heteroatoms. The maximum Gasteiger partial charge on any atom is 0.320 e. The number of aliphatic carboxylic acids is 1. The number of carbonyl (C=O) groups is 1. The molecular weight excluding hydrogens is 163 g/mol. The smallest absolute Gasteiger partial charge is 0.320 e. The van der Waals surface area contributed by atoms with Crippen LogP contribution in [0.5, 0.6) is 0 Å². The van der Waals surface area contributed by atoms with E-state index in [4.69, 9.17) is 10.8 Å². The average molecular weight is 169 g/mol. The van der Waals surface area contributed by atoms with Crippen LogP contribution >= 0.6 is 0 Å². The quantitative estimate of drug-likeness (QED) is 0.658. The highest BCUT2D eigenvalue weighted by Crippen LogP contribution is 2.14. The Hall–Kier alpha value is -1.04. The maximum atomic E-state index is 11.9. The van der Waals surface area contributed by atoms with E-state index in [0.29, 0.717) is 0 Å². The van der Waals surface area contributed by atoms with Gasteiger partial charge in [0.25, 0.3) is 0 Å². The lowest BCUT2D eigenvalue weighted by Crippen LogP contribution is -2.30. The van der Waals surface area contributed by atoms with Gasteiger partial charge in [0.15, 0.2) is 5.83 Å². The number of carboxylic acid groups (broad SMARTS) is 1. The highest BCUT2D eigenvalue weighted by Gasteiger charge is 2.16. The van der Waals surface area contributed by atoms with Crippen molar-refractivity contribution in [3.8, 4) is 0 Å². The summed E-state index contributed by atoms with van der Waals surface area (Å²) in [4.78, 5) is 9.90. The van der Waals surface area contributed by atoms with Crippen molar-refractivity contribution in [3.05, 3.63) is 11.9 Å². The molecule has 0 fully saturated rings. The minimum Gasteiger partial charge on any atom is -0.480 e. The molecule has 0 aliphatic carbocycles. The molecule has 3 N–H and O–H groups in total. The van der Waals surface area contributed by atoms with E-state index in [0.717, 1.165) is 0 Å². The summed E-state index contributed by atoms with van der Waals surface area (Å²) in [7, 11) is 0. The number of halogens is 3. The number of carboxylic acids is 1. The number of nitrogens with two attached hydrogens (primary N) is 1. The van der Waals surface area contributed by atoms with Crippen LogP contribution in [0.15, 0.2) is 11.9 Å². The topological polar surface area (TPSA) is 63.3 Å². The first kappa shape index (κ1) is 9.96. The van der Waals surface area contributed by atoms with Crippen LogP contribution in [0, 0.1) is 0 Å². The van der Waals surface area contributed by atoms with Gasteiger partial charge in [-0.3, -0.25) is 4.79 Å². The normalized spacial score (nSPS) is 12.4. The lowest BCUT2D eigenvalue weighted by molar-refractivity contribution is -0.138. The summed E-state index contributed by atoms with van der Waals surface area (Å²) in [6, 6.07) is -1.61. The third-order valence-electron chi connectivity index (χ3n) is 0.921. The Morgan fingerprint density at radius 1 is 1.45 bits per heavy atom. The SMILES string of the molecule is NC(CC(F)=C(F)F)C(=O)O. The van der Waals surface area contributed by atoms with Crippen molar-refractivity contribution in [1.29, 1.82) is 0 Å². The predicted octanol–water partition coefficient (Wildman–Crippen LogP) is 0.866. The molecule has 1 atom stereocenters. The van der Waals surface area contributed by atoms with Crippen LogP contribution in [0.3, 0.4) is 0 Å². The summed E-state index contributed by atoms with van der Waals surface area (Å²) < 4.78 is 34.5. The molecule has 0 spiro atoms. The van der Waals surface area contributed by atoms with Gasteiger partial charge in [-0.2, -0.15) is 8.78 Å². The zero-order chi connectivity index (χ0) is 9.02. The molecule has 0 rings (SSSR count). The Balaban J connectivity index is 4.06. The van der Waals surface area contributed by atoms with Gasteiger partial charge < -0.3 is 10.8 Å². The van der Waals surface area contributed by atoms with Crippen LogP contribution in [0.2, 0.25) is 0 Å². The van der Waals surface area contributed by atoms with Crippen LogP contribution in [0.4, 0.5) is 13.2 Å². The second-order valence-corrected chi connectivity index (χ2v) is 1.81. The van der Waals surface area contributed by atoms with Gasteiger partial charge in [0.2, 0.25) is 0 Å². The van der Waals surface area contributed by atoms with Crippen molar-refractivity contribution >= 4 is 5.97 Å². The predicted molar refractivity (Wildman–Crippen MR) is 30.6 cm³/mol. The molecule has 3 nitrogen and oxygen atoms in total. The summed E-state index contributed by atoms with van der Waals surface area (Å²) >= 11 is 0. The molecule has 0 aromatic carbocycles. The molecule has 64 valence electrons. The molecule has 0 amide bonds. The molecular formula is C5H6F3NO2. The molecule has 0 aliphatic rings. The van der Waals surface area contributed by atoms with Gasteiger partial charge >= 0.3 is 12.0 Å². The third kappa shape index (κ3) is 3.61. The Morgan fingerprint density at radius 3 is 2.18 bits per heavy atom. The van der Waals surface area contributed by atoms with E-state index in [2.05, 4.69) is 0 Å². The minimum absolute atomic E-state index is 0.975. The van der Waals surface area contributed by atoms with Gasteiger partial charge in [0.05, 0.1) is 0 Å². The third-order valence-corrected chi connectivity index (χ3v) is 0.921. The first-order valence-electron chi connectivity index (χ1n) is 2.63. The molecule has 1 unspecified atom stereocenters. The fourth-order valence-electron chi connectivity index (χ4n) is 0.358. The molecule has 0 aromatic rings. The van der Waals surface area contributed by atoms with Gasteiger partial charge in [0.1, 0.15) is 6.04 Å². The lowest BCUT2D eigenvalue weighted by atomic mass is 10.2. The zero-order valence-electron chi connectivity index (χ0n) is 5.35. The van der Waals surface area contributed by atoms with Gasteiger partial charge in [0, 0.05) is 6.42 Å². The summed E-state index contributed by atoms with van der Waals surface area (Å²) in [6.07, 6.45) is -3.50. The van der Waals surface area contributed by atoms with E-state index in [1.165, 1.54) is 0 Å². The molecule has 0 heterocycles. The fourth-order valence-corrected chi connectivity index (χ4v) is 0.358. The Labute approximate surface area is 60.3 Å². The lowest BCUT2D eigenvalue weighted by Gasteiger charge is -2.01. The van der Waals surface area contributed by atoms with E-state index >= 15 is 0 Å². The Bertz CT molecular complexity index is 188. The van der Waals surface area contributed by atoms with Crippen molar-refractivity contribution in [2.24, 2.45) is 5.73 Å². The van der Waals surface area contributed by atoms with E-state index in [1.54, 1.807) is 0 Å². The Kier molecular flexibility index (Phi) is 3.59. The molecule has 0 aromatic heterocycles. The van der Waals surface area contributed by atoms with Crippen LogP contribution in [0.25, 0.3) is 0 Å². The first-order chi connectivity index (χ1) is 4.95. The van der Waals surface area contributed by atoms with Crippen molar-refractivity contribution in [2.75, 3.05) is 0 Å². The number of hydrogen-bond donors (Lipinski definition) is 2. The van der Waals surface area contributed by atoms with Gasteiger partial charge in [-0.15, -0.1) is 0 Å². The largest absolute Gasteiger partial charge is 0.480 e. The highest BCUT2D eigenvalue weighted by atomic mass is 19.3. The highest BCUT2D eigenvalue weighted by molar-refractivity contribution is 5.73. The summed E-state index contributed by atoms with van der Waals surface area (Å²) in [5, 5.41) is 8.05. The molecule has 11 heavy (non-hydrogen) atoms. The van der Waals surface area contributed by atoms with Crippen LogP contribution in [-0.2, 0) is 4.79 Å². The molecule has 0 bridgehead atoms. The summed E-state index contributed by atoms with van der Waals surface area (Å²) in [5.41, 5.74) is 4.75. The van der Waals surface area contributed by atoms with E-state index in [-0.39, 0.29) is 0 Å². The summed E-state index contributed by atoms with van der Waals surface area (Å²) in [5.74, 6) is -3.29. The van der Waals surface area contributed by atoms with Crippen LogP contribution in [0.1, 0.15) is 6.42 Å². The van der Waals surface area contributed by atoms with Crippen molar-refractivity contribution in [2.45, 2.75) is 12.5 Å². The van der Waals surface area contributed by atoms with E-state index < -0.39 is 30.3 Å². The zero-order valence-corrected chi connectivity index (χ0v) is 5.35.